The lowest BCUT2D eigenvalue weighted by atomic mass is 10.0. The molecule has 14 heavy (non-hydrogen) atoms. The van der Waals surface area contributed by atoms with Crippen LogP contribution in [-0.4, -0.2) is 23.7 Å². The molecule has 2 atom stereocenters. The predicted molar refractivity (Wildman–Crippen MR) is 50.1 cm³/mol. The van der Waals surface area contributed by atoms with Gasteiger partial charge in [0, 0.05) is 6.04 Å². The molecule has 0 aromatic heterocycles. The van der Waals surface area contributed by atoms with Crippen molar-refractivity contribution in [3.8, 4) is 0 Å². The molecule has 1 rings (SSSR count). The van der Waals surface area contributed by atoms with Gasteiger partial charge in [-0.3, -0.25) is 0 Å². The standard InChI is InChI=1S/C10H13F2NO/c11-10(12)9(14)8(13)6-7-4-2-1-3-5-7/h1-5,8-10,14H,6,13H2/t8-,9-/m1/s1. The van der Waals surface area contributed by atoms with E-state index in [4.69, 9.17) is 10.8 Å². The average molecular weight is 201 g/mol. The van der Waals surface area contributed by atoms with Crippen molar-refractivity contribution in [2.75, 3.05) is 0 Å². The van der Waals surface area contributed by atoms with Crippen molar-refractivity contribution in [1.82, 2.24) is 0 Å². The topological polar surface area (TPSA) is 46.2 Å². The third-order valence-corrected chi connectivity index (χ3v) is 2.01. The van der Waals surface area contributed by atoms with E-state index in [9.17, 15) is 8.78 Å². The Balaban J connectivity index is 2.53. The lowest BCUT2D eigenvalue weighted by Crippen LogP contribution is -2.41. The van der Waals surface area contributed by atoms with Crippen molar-refractivity contribution in [3.63, 3.8) is 0 Å². The first kappa shape index (κ1) is 11.1. The van der Waals surface area contributed by atoms with Crippen LogP contribution in [0.3, 0.4) is 0 Å². The van der Waals surface area contributed by atoms with E-state index < -0.39 is 18.6 Å². The zero-order valence-electron chi connectivity index (χ0n) is 7.61. The summed E-state index contributed by atoms with van der Waals surface area (Å²) in [7, 11) is 0. The number of halogens is 2. The summed E-state index contributed by atoms with van der Waals surface area (Å²) in [6.07, 6.45) is -4.28. The minimum atomic E-state index is -2.78. The van der Waals surface area contributed by atoms with E-state index in [1.54, 1.807) is 24.3 Å². The van der Waals surface area contributed by atoms with Gasteiger partial charge >= 0.3 is 0 Å². The lowest BCUT2D eigenvalue weighted by Gasteiger charge is -2.17. The SMILES string of the molecule is N[C@H](Cc1ccccc1)[C@@H](O)C(F)F. The van der Waals surface area contributed by atoms with E-state index in [0.29, 0.717) is 0 Å². The van der Waals surface area contributed by atoms with Gasteiger partial charge in [-0.1, -0.05) is 30.3 Å². The minimum Gasteiger partial charge on any atom is -0.386 e. The van der Waals surface area contributed by atoms with Gasteiger partial charge in [-0.2, -0.15) is 0 Å². The highest BCUT2D eigenvalue weighted by atomic mass is 19.3. The van der Waals surface area contributed by atoms with Gasteiger partial charge in [-0.25, -0.2) is 8.78 Å². The fourth-order valence-electron chi connectivity index (χ4n) is 1.19. The highest BCUT2D eigenvalue weighted by Gasteiger charge is 2.24. The Labute approximate surface area is 81.4 Å². The molecule has 78 valence electrons. The van der Waals surface area contributed by atoms with E-state index in [-0.39, 0.29) is 6.42 Å². The van der Waals surface area contributed by atoms with Gasteiger partial charge in [0.15, 0.2) is 0 Å². The zero-order chi connectivity index (χ0) is 10.6. The van der Waals surface area contributed by atoms with Crippen LogP contribution >= 0.6 is 0 Å². The highest BCUT2D eigenvalue weighted by Crippen LogP contribution is 2.09. The molecule has 4 heteroatoms. The van der Waals surface area contributed by atoms with Crippen LogP contribution in [0, 0.1) is 0 Å². The number of alkyl halides is 2. The molecule has 1 aromatic rings. The minimum absolute atomic E-state index is 0.256. The van der Waals surface area contributed by atoms with Crippen LogP contribution in [-0.2, 0) is 6.42 Å². The molecule has 0 bridgehead atoms. The number of aliphatic hydroxyl groups is 1. The third-order valence-electron chi connectivity index (χ3n) is 2.01. The van der Waals surface area contributed by atoms with Gasteiger partial charge in [0.25, 0.3) is 6.43 Å². The largest absolute Gasteiger partial charge is 0.386 e. The molecule has 0 fully saturated rings. The molecule has 0 spiro atoms. The summed E-state index contributed by atoms with van der Waals surface area (Å²) in [5.74, 6) is 0. The van der Waals surface area contributed by atoms with E-state index in [1.165, 1.54) is 0 Å². The van der Waals surface area contributed by atoms with Crippen molar-refractivity contribution in [2.24, 2.45) is 5.73 Å². The van der Waals surface area contributed by atoms with Crippen molar-refractivity contribution in [3.05, 3.63) is 35.9 Å². The average Bonchev–Trinajstić information content (AvgIpc) is 2.18. The molecular weight excluding hydrogens is 188 g/mol. The molecule has 0 aliphatic rings. The van der Waals surface area contributed by atoms with Crippen molar-refractivity contribution in [2.45, 2.75) is 25.0 Å². The van der Waals surface area contributed by atoms with E-state index in [2.05, 4.69) is 0 Å². The van der Waals surface area contributed by atoms with Crippen LogP contribution in [0.2, 0.25) is 0 Å². The highest BCUT2D eigenvalue weighted by molar-refractivity contribution is 5.16. The molecule has 0 aliphatic heterocycles. The molecule has 0 unspecified atom stereocenters. The first-order valence-corrected chi connectivity index (χ1v) is 4.37. The molecule has 0 saturated carbocycles. The predicted octanol–water partition coefficient (Wildman–Crippen LogP) is 1.18. The van der Waals surface area contributed by atoms with Crippen LogP contribution in [0.25, 0.3) is 0 Å². The molecule has 3 N–H and O–H groups in total. The Morgan fingerprint density at radius 1 is 1.21 bits per heavy atom. The van der Waals surface area contributed by atoms with Crippen molar-refractivity contribution < 1.29 is 13.9 Å². The van der Waals surface area contributed by atoms with Crippen LogP contribution in [0.15, 0.2) is 30.3 Å². The summed E-state index contributed by atoms with van der Waals surface area (Å²) in [5.41, 5.74) is 6.27. The first-order chi connectivity index (χ1) is 6.61. The Hall–Kier alpha value is -1.00. The zero-order valence-corrected chi connectivity index (χ0v) is 7.61. The molecule has 0 aliphatic carbocycles. The molecule has 0 radical (unpaired) electrons. The van der Waals surface area contributed by atoms with Gasteiger partial charge in [0.2, 0.25) is 0 Å². The van der Waals surface area contributed by atoms with Gasteiger partial charge in [-0.05, 0) is 12.0 Å². The molecular formula is C10H13F2NO. The molecule has 2 nitrogen and oxygen atoms in total. The second-order valence-corrected chi connectivity index (χ2v) is 3.18. The molecule has 0 saturated heterocycles. The number of hydrogen-bond donors (Lipinski definition) is 2. The van der Waals surface area contributed by atoms with Crippen molar-refractivity contribution in [1.29, 1.82) is 0 Å². The van der Waals surface area contributed by atoms with E-state index >= 15 is 0 Å². The Morgan fingerprint density at radius 2 is 1.79 bits per heavy atom. The molecule has 1 aromatic carbocycles. The number of hydrogen-bond acceptors (Lipinski definition) is 2. The monoisotopic (exact) mass is 201 g/mol. The van der Waals surface area contributed by atoms with Gasteiger partial charge in [0.05, 0.1) is 0 Å². The van der Waals surface area contributed by atoms with Crippen molar-refractivity contribution >= 4 is 0 Å². The smallest absolute Gasteiger partial charge is 0.265 e. The van der Waals surface area contributed by atoms with Crippen LogP contribution in [0.4, 0.5) is 8.78 Å². The maximum Gasteiger partial charge on any atom is 0.265 e. The first-order valence-electron chi connectivity index (χ1n) is 4.37. The third kappa shape index (κ3) is 3.05. The summed E-state index contributed by atoms with van der Waals surface area (Å²) in [6, 6.07) is 8.10. The number of rotatable bonds is 4. The fourth-order valence-corrected chi connectivity index (χ4v) is 1.19. The summed E-state index contributed by atoms with van der Waals surface area (Å²) in [4.78, 5) is 0. The second-order valence-electron chi connectivity index (χ2n) is 3.18. The lowest BCUT2D eigenvalue weighted by molar-refractivity contribution is -0.0184. The maximum absolute atomic E-state index is 12.1. The normalized spacial score (nSPS) is 15.5. The quantitative estimate of drug-likeness (QED) is 0.768. The fraction of sp³-hybridized carbons (Fsp3) is 0.400. The van der Waals surface area contributed by atoms with Crippen LogP contribution < -0.4 is 5.73 Å². The Bertz CT molecular complexity index is 266. The summed E-state index contributed by atoms with van der Waals surface area (Å²) < 4.78 is 24.1. The van der Waals surface area contributed by atoms with Gasteiger partial charge in [0.1, 0.15) is 6.10 Å². The number of benzene rings is 1. The van der Waals surface area contributed by atoms with E-state index in [0.717, 1.165) is 5.56 Å². The van der Waals surface area contributed by atoms with Crippen LogP contribution in [0.1, 0.15) is 5.56 Å². The van der Waals surface area contributed by atoms with Gasteiger partial charge in [-0.15, -0.1) is 0 Å². The Morgan fingerprint density at radius 3 is 2.29 bits per heavy atom. The maximum atomic E-state index is 12.1. The van der Waals surface area contributed by atoms with E-state index in [1.807, 2.05) is 6.07 Å². The summed E-state index contributed by atoms with van der Waals surface area (Å²) >= 11 is 0. The number of nitrogens with two attached hydrogens (primary N) is 1. The Kier molecular flexibility index (Phi) is 3.98. The summed E-state index contributed by atoms with van der Waals surface area (Å²) in [6.45, 7) is 0. The number of aliphatic hydroxyl groups excluding tert-OH is 1. The van der Waals surface area contributed by atoms with Gasteiger partial charge < -0.3 is 10.8 Å². The summed E-state index contributed by atoms with van der Waals surface area (Å²) in [5, 5.41) is 8.98. The molecule has 0 amide bonds. The second kappa shape index (κ2) is 5.02. The van der Waals surface area contributed by atoms with Crippen LogP contribution in [0.5, 0.6) is 0 Å². The molecule has 0 heterocycles.